The fraction of sp³-hybridized carbons (Fsp3) is 0.333. The van der Waals surface area contributed by atoms with Crippen LogP contribution in [0.1, 0.15) is 37.3 Å². The number of hydrogen-bond acceptors (Lipinski definition) is 5. The van der Waals surface area contributed by atoms with Gasteiger partial charge in [-0.2, -0.15) is 0 Å². The molecule has 0 spiro atoms. The van der Waals surface area contributed by atoms with Crippen LogP contribution in [0.15, 0.2) is 66.3 Å². The first kappa shape index (κ1) is 23.5. The van der Waals surface area contributed by atoms with Gasteiger partial charge < -0.3 is 16.0 Å². The summed E-state index contributed by atoms with van der Waals surface area (Å²) in [7, 11) is 5.82. The Kier molecular flexibility index (Phi) is 8.01. The molecule has 0 saturated heterocycles. The van der Waals surface area contributed by atoms with Crippen LogP contribution in [-0.4, -0.2) is 49.3 Å². The van der Waals surface area contributed by atoms with Gasteiger partial charge in [0.1, 0.15) is 5.82 Å². The lowest BCUT2D eigenvalue weighted by Gasteiger charge is -2.34. The molecule has 1 aromatic heterocycles. The molecule has 2 aromatic rings. The highest BCUT2D eigenvalue weighted by Gasteiger charge is 2.27. The predicted octanol–water partition coefficient (Wildman–Crippen LogP) is 5.23. The Labute approximate surface area is 192 Å². The van der Waals surface area contributed by atoms with E-state index < -0.39 is 0 Å². The number of nitrogens with one attached hydrogen (secondary N) is 1. The molecule has 0 radical (unpaired) electrons. The van der Waals surface area contributed by atoms with Gasteiger partial charge in [0.25, 0.3) is 0 Å². The summed E-state index contributed by atoms with van der Waals surface area (Å²) in [4.78, 5) is 11.3. The summed E-state index contributed by atoms with van der Waals surface area (Å²) in [5.41, 5.74) is 12.3. The molecule has 1 heterocycles. The average molecular weight is 430 g/mol. The fourth-order valence-corrected chi connectivity index (χ4v) is 3.91. The van der Waals surface area contributed by atoms with E-state index >= 15 is 0 Å². The van der Waals surface area contributed by atoms with Crippen LogP contribution >= 0.6 is 0 Å². The molecule has 0 amide bonds. The van der Waals surface area contributed by atoms with Crippen molar-refractivity contribution in [3.05, 3.63) is 72.5 Å². The van der Waals surface area contributed by atoms with Gasteiger partial charge in [0.2, 0.25) is 0 Å². The molecule has 1 aliphatic rings. The quantitative estimate of drug-likeness (QED) is 0.423. The Morgan fingerprint density at radius 1 is 1.25 bits per heavy atom. The van der Waals surface area contributed by atoms with Crippen LogP contribution in [0.5, 0.6) is 0 Å². The lowest BCUT2D eigenvalue weighted by Crippen LogP contribution is -2.44. The highest BCUT2D eigenvalue weighted by Crippen LogP contribution is 2.31. The zero-order chi connectivity index (χ0) is 23.1. The van der Waals surface area contributed by atoms with Gasteiger partial charge in [-0.25, -0.2) is 4.98 Å². The molecule has 32 heavy (non-hydrogen) atoms. The summed E-state index contributed by atoms with van der Waals surface area (Å²) in [6.45, 7) is 6.11. The molecule has 0 aliphatic heterocycles. The summed E-state index contributed by atoms with van der Waals surface area (Å²) >= 11 is 0. The largest absolute Gasteiger partial charge is 0.383 e. The summed E-state index contributed by atoms with van der Waals surface area (Å²) in [6, 6.07) is 13.3. The van der Waals surface area contributed by atoms with Crippen LogP contribution in [-0.2, 0) is 0 Å². The number of anilines is 1. The van der Waals surface area contributed by atoms with Crippen LogP contribution in [0.4, 0.5) is 5.82 Å². The van der Waals surface area contributed by atoms with E-state index in [9.17, 15) is 0 Å². The van der Waals surface area contributed by atoms with Gasteiger partial charge >= 0.3 is 0 Å². The number of aliphatic imine (C=N–C) groups is 1. The number of benzene rings is 1. The standard InChI is InChI=1S/C27H35N5/c1-6-9-22(17-29-3)25-12-13-26(31-27(25)30-24-15-23(28)16-24)21-11-8-10-20(14-21)19(7-2)18-32(4)5/h7-14,17-18,23-24H,2,6,15-16,28H2,1,3-5H3,(H,30,31)/b19-18+,22-9+,29-17?. The molecule has 1 saturated carbocycles. The van der Waals surface area contributed by atoms with Crippen LogP contribution in [0.3, 0.4) is 0 Å². The maximum absolute atomic E-state index is 6.02. The Bertz CT molecular complexity index is 1030. The van der Waals surface area contributed by atoms with E-state index in [4.69, 9.17) is 10.7 Å². The van der Waals surface area contributed by atoms with Crippen LogP contribution < -0.4 is 11.1 Å². The van der Waals surface area contributed by atoms with Crippen molar-refractivity contribution in [2.75, 3.05) is 26.5 Å². The third kappa shape index (κ3) is 5.74. The summed E-state index contributed by atoms with van der Waals surface area (Å²) in [6.07, 6.45) is 10.9. The predicted molar refractivity (Wildman–Crippen MR) is 139 cm³/mol. The van der Waals surface area contributed by atoms with Crippen molar-refractivity contribution in [1.82, 2.24) is 9.88 Å². The zero-order valence-electron chi connectivity index (χ0n) is 19.7. The van der Waals surface area contributed by atoms with E-state index in [1.165, 1.54) is 0 Å². The minimum Gasteiger partial charge on any atom is -0.383 e. The van der Waals surface area contributed by atoms with Crippen molar-refractivity contribution in [2.45, 2.75) is 38.3 Å². The van der Waals surface area contributed by atoms with E-state index in [-0.39, 0.29) is 6.04 Å². The smallest absolute Gasteiger partial charge is 0.134 e. The molecular formula is C27H35N5. The number of pyridine rings is 1. The molecule has 1 fully saturated rings. The monoisotopic (exact) mass is 429 g/mol. The normalized spacial score (nSPS) is 19.0. The molecule has 3 rings (SSSR count). The van der Waals surface area contributed by atoms with Crippen molar-refractivity contribution in [1.29, 1.82) is 0 Å². The van der Waals surface area contributed by atoms with Crippen molar-refractivity contribution >= 4 is 23.2 Å². The molecule has 3 N–H and O–H groups in total. The zero-order valence-corrected chi connectivity index (χ0v) is 19.7. The van der Waals surface area contributed by atoms with E-state index in [1.54, 1.807) is 7.05 Å². The number of aromatic nitrogens is 1. The lowest BCUT2D eigenvalue weighted by atomic mass is 9.87. The third-order valence-electron chi connectivity index (χ3n) is 5.52. The second-order valence-electron chi connectivity index (χ2n) is 8.45. The van der Waals surface area contributed by atoms with Crippen LogP contribution in [0.2, 0.25) is 0 Å². The number of allylic oxidation sites excluding steroid dienone is 4. The van der Waals surface area contributed by atoms with Crippen LogP contribution in [0.25, 0.3) is 22.4 Å². The lowest BCUT2D eigenvalue weighted by molar-refractivity contribution is 0.373. The van der Waals surface area contributed by atoms with Gasteiger partial charge in [0.15, 0.2) is 0 Å². The molecule has 0 atom stereocenters. The second-order valence-corrected chi connectivity index (χ2v) is 8.45. The molecule has 1 aromatic carbocycles. The maximum Gasteiger partial charge on any atom is 0.134 e. The minimum absolute atomic E-state index is 0.277. The molecule has 5 heteroatoms. The van der Waals surface area contributed by atoms with E-state index in [0.717, 1.165) is 58.6 Å². The molecule has 168 valence electrons. The topological polar surface area (TPSA) is 66.5 Å². The third-order valence-corrected chi connectivity index (χ3v) is 5.52. The first-order valence-corrected chi connectivity index (χ1v) is 11.2. The number of nitrogens with two attached hydrogens (primary N) is 1. The first-order chi connectivity index (χ1) is 15.4. The van der Waals surface area contributed by atoms with E-state index in [0.29, 0.717) is 6.04 Å². The molecular weight excluding hydrogens is 394 g/mol. The van der Waals surface area contributed by atoms with E-state index in [1.807, 2.05) is 31.3 Å². The Morgan fingerprint density at radius 3 is 2.66 bits per heavy atom. The summed E-state index contributed by atoms with van der Waals surface area (Å²) < 4.78 is 0. The molecule has 0 bridgehead atoms. The number of hydrogen-bond donors (Lipinski definition) is 2. The van der Waals surface area contributed by atoms with Gasteiger partial charge in [-0.1, -0.05) is 43.9 Å². The Morgan fingerprint density at radius 2 is 2.03 bits per heavy atom. The molecule has 5 nitrogen and oxygen atoms in total. The van der Waals surface area contributed by atoms with Gasteiger partial charge in [0.05, 0.1) is 5.69 Å². The second kappa shape index (κ2) is 10.9. The first-order valence-electron chi connectivity index (χ1n) is 11.2. The van der Waals surface area contributed by atoms with Crippen molar-refractivity contribution in [2.24, 2.45) is 10.7 Å². The average Bonchev–Trinajstić information content (AvgIpc) is 2.76. The fourth-order valence-electron chi connectivity index (χ4n) is 3.91. The van der Waals surface area contributed by atoms with Crippen molar-refractivity contribution in [3.8, 4) is 11.3 Å². The summed E-state index contributed by atoms with van der Waals surface area (Å²) in [5.74, 6) is 0.886. The summed E-state index contributed by atoms with van der Waals surface area (Å²) in [5, 5.41) is 3.63. The molecule has 1 aliphatic carbocycles. The van der Waals surface area contributed by atoms with Crippen molar-refractivity contribution < 1.29 is 0 Å². The van der Waals surface area contributed by atoms with Gasteiger partial charge in [-0.3, -0.25) is 4.99 Å². The number of nitrogens with zero attached hydrogens (tertiary/aromatic N) is 3. The molecule has 0 unspecified atom stereocenters. The SMILES string of the molecule is C=C/C(=C\N(C)C)c1cccc(-c2ccc(/C(C=NC)=C/CC)c(NC3CC(N)C3)n2)c1. The number of rotatable bonds is 9. The Hall–Kier alpha value is -3.18. The van der Waals surface area contributed by atoms with Crippen molar-refractivity contribution in [3.63, 3.8) is 0 Å². The van der Waals surface area contributed by atoms with Gasteiger partial charge in [-0.05, 0) is 54.2 Å². The highest BCUT2D eigenvalue weighted by molar-refractivity contribution is 6.11. The van der Waals surface area contributed by atoms with Crippen LogP contribution in [0, 0.1) is 0 Å². The minimum atomic E-state index is 0.277. The maximum atomic E-state index is 6.02. The highest BCUT2D eigenvalue weighted by atomic mass is 15.0. The Balaban J connectivity index is 2.03. The van der Waals surface area contributed by atoms with E-state index in [2.05, 4.69) is 72.5 Å². The van der Waals surface area contributed by atoms with Gasteiger partial charge in [-0.15, -0.1) is 0 Å². The van der Waals surface area contributed by atoms with Gasteiger partial charge in [0, 0.05) is 56.8 Å².